The third-order valence-electron chi connectivity index (χ3n) is 6.51. The minimum Gasteiger partial charge on any atom is -0.493 e. The van der Waals surface area contributed by atoms with Crippen molar-refractivity contribution < 1.29 is 14.6 Å². The average molecular weight is 474 g/mol. The maximum absolute atomic E-state index is 11.8. The van der Waals surface area contributed by atoms with Gasteiger partial charge in [-0.3, -0.25) is 0 Å². The van der Waals surface area contributed by atoms with E-state index in [0.29, 0.717) is 42.9 Å². The summed E-state index contributed by atoms with van der Waals surface area (Å²) in [5.74, 6) is 1.64. The largest absolute Gasteiger partial charge is 0.493 e. The number of hydrogen-bond donors (Lipinski definition) is 1. The van der Waals surface area contributed by atoms with Crippen LogP contribution in [0.5, 0.6) is 5.75 Å². The van der Waals surface area contributed by atoms with Gasteiger partial charge in [0.15, 0.2) is 0 Å². The third-order valence-corrected chi connectivity index (χ3v) is 6.51. The number of carbonyl (C=O) groups is 1. The van der Waals surface area contributed by atoms with Crippen LogP contribution in [0, 0.1) is 11.8 Å². The fraction of sp³-hybridized carbons (Fsp3) is 0.414. The average Bonchev–Trinajstić information content (AvgIpc) is 2.87. The molecular weight excluding hydrogens is 438 g/mol. The molecule has 0 saturated carbocycles. The molecule has 2 aromatic carbocycles. The Morgan fingerprint density at radius 2 is 1.74 bits per heavy atom. The SMILES string of the molecule is CC(C)COc1ccc(CCc2nc(N3CCC(Cc4ccccc4)CC3)ncc2C(=O)O)cc1. The summed E-state index contributed by atoms with van der Waals surface area (Å²) in [7, 11) is 0. The van der Waals surface area contributed by atoms with Crippen molar-refractivity contribution in [3.05, 3.63) is 83.2 Å². The Hall–Kier alpha value is -3.41. The fourth-order valence-corrected chi connectivity index (χ4v) is 4.49. The molecule has 4 rings (SSSR count). The van der Waals surface area contributed by atoms with Crippen molar-refractivity contribution in [1.82, 2.24) is 9.97 Å². The van der Waals surface area contributed by atoms with Gasteiger partial charge in [-0.25, -0.2) is 14.8 Å². The molecule has 6 heteroatoms. The number of aromatic nitrogens is 2. The van der Waals surface area contributed by atoms with Gasteiger partial charge in [-0.1, -0.05) is 56.3 Å². The fourth-order valence-electron chi connectivity index (χ4n) is 4.49. The monoisotopic (exact) mass is 473 g/mol. The van der Waals surface area contributed by atoms with Gasteiger partial charge < -0.3 is 14.7 Å². The molecule has 1 fully saturated rings. The first-order valence-electron chi connectivity index (χ1n) is 12.6. The van der Waals surface area contributed by atoms with Crippen LogP contribution < -0.4 is 9.64 Å². The highest BCUT2D eigenvalue weighted by Gasteiger charge is 2.23. The van der Waals surface area contributed by atoms with Crippen molar-refractivity contribution in [2.24, 2.45) is 11.8 Å². The molecular formula is C29H35N3O3. The molecule has 184 valence electrons. The summed E-state index contributed by atoms with van der Waals surface area (Å²) in [4.78, 5) is 23.1. The molecule has 0 bridgehead atoms. The summed E-state index contributed by atoms with van der Waals surface area (Å²) in [6.45, 7) is 6.71. The number of anilines is 1. The van der Waals surface area contributed by atoms with Crippen LogP contribution in [0.25, 0.3) is 0 Å². The summed E-state index contributed by atoms with van der Waals surface area (Å²) in [5, 5.41) is 9.67. The summed E-state index contributed by atoms with van der Waals surface area (Å²) in [5.41, 5.74) is 3.29. The van der Waals surface area contributed by atoms with Gasteiger partial charge in [-0.05, 0) is 67.2 Å². The molecule has 1 N–H and O–H groups in total. The van der Waals surface area contributed by atoms with E-state index in [2.05, 4.69) is 54.1 Å². The number of carboxylic acid groups (broad SMARTS) is 1. The highest BCUT2D eigenvalue weighted by molar-refractivity contribution is 5.88. The topological polar surface area (TPSA) is 75.5 Å². The van der Waals surface area contributed by atoms with E-state index in [9.17, 15) is 9.90 Å². The lowest BCUT2D eigenvalue weighted by atomic mass is 9.90. The predicted molar refractivity (Wildman–Crippen MR) is 138 cm³/mol. The van der Waals surface area contributed by atoms with Crippen LogP contribution in [0.3, 0.4) is 0 Å². The zero-order valence-electron chi connectivity index (χ0n) is 20.7. The number of nitrogens with zero attached hydrogens (tertiary/aromatic N) is 3. The van der Waals surface area contributed by atoms with Gasteiger partial charge in [0.2, 0.25) is 5.95 Å². The zero-order chi connectivity index (χ0) is 24.6. The predicted octanol–water partition coefficient (Wildman–Crippen LogP) is 5.45. The second kappa shape index (κ2) is 11.8. The van der Waals surface area contributed by atoms with Gasteiger partial charge in [0.25, 0.3) is 0 Å². The lowest BCUT2D eigenvalue weighted by Gasteiger charge is -2.32. The van der Waals surface area contributed by atoms with Gasteiger partial charge in [0.05, 0.1) is 17.9 Å². The third kappa shape index (κ3) is 7.04. The summed E-state index contributed by atoms with van der Waals surface area (Å²) in [6, 6.07) is 18.7. The number of benzene rings is 2. The van der Waals surface area contributed by atoms with E-state index in [4.69, 9.17) is 9.72 Å². The lowest BCUT2D eigenvalue weighted by Crippen LogP contribution is -2.35. The van der Waals surface area contributed by atoms with Crippen molar-refractivity contribution in [1.29, 1.82) is 0 Å². The highest BCUT2D eigenvalue weighted by atomic mass is 16.5. The molecule has 1 saturated heterocycles. The molecule has 6 nitrogen and oxygen atoms in total. The smallest absolute Gasteiger partial charge is 0.339 e. The van der Waals surface area contributed by atoms with E-state index in [1.165, 1.54) is 11.8 Å². The molecule has 1 aromatic heterocycles. The van der Waals surface area contributed by atoms with Crippen LogP contribution >= 0.6 is 0 Å². The van der Waals surface area contributed by atoms with Crippen LogP contribution in [0.4, 0.5) is 5.95 Å². The van der Waals surface area contributed by atoms with Crippen LogP contribution in [0.2, 0.25) is 0 Å². The second-order valence-electron chi connectivity index (χ2n) is 9.80. The summed E-state index contributed by atoms with van der Waals surface area (Å²) >= 11 is 0. The minimum absolute atomic E-state index is 0.185. The van der Waals surface area contributed by atoms with Gasteiger partial charge in [0.1, 0.15) is 5.75 Å². The normalized spacial score (nSPS) is 14.3. The quantitative estimate of drug-likeness (QED) is 0.422. The maximum Gasteiger partial charge on any atom is 0.339 e. The Balaban J connectivity index is 1.37. The van der Waals surface area contributed by atoms with E-state index in [-0.39, 0.29) is 5.56 Å². The molecule has 0 aliphatic carbocycles. The number of ether oxygens (including phenoxy) is 1. The van der Waals surface area contributed by atoms with Gasteiger partial charge in [-0.15, -0.1) is 0 Å². The van der Waals surface area contributed by atoms with Gasteiger partial charge >= 0.3 is 5.97 Å². The molecule has 1 aliphatic rings. The van der Waals surface area contributed by atoms with E-state index >= 15 is 0 Å². The molecule has 0 amide bonds. The Morgan fingerprint density at radius 1 is 1.03 bits per heavy atom. The van der Waals surface area contributed by atoms with Crippen LogP contribution in [0.15, 0.2) is 60.8 Å². The molecule has 2 heterocycles. The zero-order valence-corrected chi connectivity index (χ0v) is 20.7. The van der Waals surface area contributed by atoms with Crippen LogP contribution in [-0.4, -0.2) is 40.7 Å². The molecule has 1 aliphatic heterocycles. The minimum atomic E-state index is -0.981. The number of hydrogen-bond acceptors (Lipinski definition) is 5. The second-order valence-corrected chi connectivity index (χ2v) is 9.80. The van der Waals surface area contributed by atoms with E-state index < -0.39 is 5.97 Å². The molecule has 0 radical (unpaired) electrons. The van der Waals surface area contributed by atoms with E-state index in [0.717, 1.165) is 43.7 Å². The molecule has 3 aromatic rings. The van der Waals surface area contributed by atoms with Crippen molar-refractivity contribution in [3.8, 4) is 5.75 Å². The standard InChI is InChI=1S/C29H35N3O3/c1-21(2)20-35-25-11-8-22(9-12-25)10-13-27-26(28(33)34)19-30-29(31-27)32-16-14-24(15-17-32)18-23-6-4-3-5-7-23/h3-9,11-12,19,21,24H,10,13-18,20H2,1-2H3,(H,33,34). The first-order chi connectivity index (χ1) is 17.0. The highest BCUT2D eigenvalue weighted by Crippen LogP contribution is 2.25. The van der Waals surface area contributed by atoms with E-state index in [1.807, 2.05) is 24.3 Å². The number of carboxylic acids is 1. The van der Waals surface area contributed by atoms with Gasteiger partial charge in [-0.2, -0.15) is 0 Å². The Morgan fingerprint density at radius 3 is 2.40 bits per heavy atom. The first kappa shape index (κ1) is 24.7. The Labute approximate surface area is 208 Å². The molecule has 0 unspecified atom stereocenters. The Kier molecular flexibility index (Phi) is 8.35. The first-order valence-corrected chi connectivity index (χ1v) is 12.6. The number of piperidine rings is 1. The van der Waals surface area contributed by atoms with Crippen molar-refractivity contribution >= 4 is 11.9 Å². The van der Waals surface area contributed by atoms with Crippen LogP contribution in [-0.2, 0) is 19.3 Å². The molecule has 35 heavy (non-hydrogen) atoms. The van der Waals surface area contributed by atoms with Crippen LogP contribution in [0.1, 0.15) is 53.9 Å². The molecule has 0 atom stereocenters. The summed E-state index contributed by atoms with van der Waals surface area (Å²) < 4.78 is 5.76. The van der Waals surface area contributed by atoms with Gasteiger partial charge in [0, 0.05) is 19.3 Å². The van der Waals surface area contributed by atoms with Crippen molar-refractivity contribution in [3.63, 3.8) is 0 Å². The number of aromatic carboxylic acids is 1. The Bertz CT molecular complexity index is 1090. The number of rotatable bonds is 10. The van der Waals surface area contributed by atoms with E-state index in [1.54, 1.807) is 0 Å². The van der Waals surface area contributed by atoms with Crippen molar-refractivity contribution in [2.45, 2.75) is 46.0 Å². The summed E-state index contributed by atoms with van der Waals surface area (Å²) in [6.07, 6.45) is 5.99. The maximum atomic E-state index is 11.8. The van der Waals surface area contributed by atoms with Crippen molar-refractivity contribution in [2.75, 3.05) is 24.6 Å². The lowest BCUT2D eigenvalue weighted by molar-refractivity contribution is 0.0694. The molecule has 0 spiro atoms. The number of aryl methyl sites for hydroxylation is 2.